The van der Waals surface area contributed by atoms with Crippen molar-refractivity contribution in [2.45, 2.75) is 78.6 Å². The van der Waals surface area contributed by atoms with Crippen LogP contribution in [-0.2, 0) is 6.42 Å². The zero-order chi connectivity index (χ0) is 23.0. The van der Waals surface area contributed by atoms with E-state index in [9.17, 15) is 4.79 Å². The second kappa shape index (κ2) is 15.3. The Kier molecular flexibility index (Phi) is 12.3. The zero-order valence-electron chi connectivity index (χ0n) is 20.2. The number of hydrogen-bond donors (Lipinski definition) is 0. The predicted octanol–water partition coefficient (Wildman–Crippen LogP) is 8.06. The van der Waals surface area contributed by atoms with Crippen molar-refractivity contribution in [1.82, 2.24) is 0 Å². The van der Waals surface area contributed by atoms with Gasteiger partial charge < -0.3 is 9.47 Å². The number of ether oxygens (including phenoxy) is 2. The third-order valence-electron chi connectivity index (χ3n) is 5.56. The monoisotopic (exact) mass is 436 g/mol. The van der Waals surface area contributed by atoms with Crippen LogP contribution in [-0.4, -0.2) is 19.0 Å². The summed E-state index contributed by atoms with van der Waals surface area (Å²) in [5.41, 5.74) is 2.78. The number of unbranched alkanes of at least 4 members (excludes halogenated alkanes) is 6. The molecule has 0 saturated carbocycles. The van der Waals surface area contributed by atoms with E-state index < -0.39 is 0 Å². The molecule has 0 aliphatic rings. The molecule has 2 rings (SSSR count). The SMILES string of the molecule is CCCCCCOc1ccc(CC)cc1C=CC(=O)c1ccccc1OCCCCCC. The smallest absolute Gasteiger partial charge is 0.189 e. The first-order valence-corrected chi connectivity index (χ1v) is 12.4. The Bertz CT molecular complexity index is 838. The Balaban J connectivity index is 2.07. The van der Waals surface area contributed by atoms with Gasteiger partial charge in [-0.1, -0.05) is 77.5 Å². The van der Waals surface area contributed by atoms with E-state index in [-0.39, 0.29) is 5.78 Å². The van der Waals surface area contributed by atoms with E-state index in [1.165, 1.54) is 37.7 Å². The van der Waals surface area contributed by atoms with Crippen LogP contribution in [0.1, 0.15) is 93.6 Å². The molecule has 0 unspecified atom stereocenters. The van der Waals surface area contributed by atoms with Crippen molar-refractivity contribution in [2.75, 3.05) is 13.2 Å². The predicted molar refractivity (Wildman–Crippen MR) is 135 cm³/mol. The summed E-state index contributed by atoms with van der Waals surface area (Å²) in [6.45, 7) is 7.88. The zero-order valence-corrected chi connectivity index (χ0v) is 20.2. The van der Waals surface area contributed by atoms with Gasteiger partial charge in [0.05, 0.1) is 18.8 Å². The molecule has 3 nitrogen and oxygen atoms in total. The summed E-state index contributed by atoms with van der Waals surface area (Å²) in [4.78, 5) is 13.0. The highest BCUT2D eigenvalue weighted by atomic mass is 16.5. The van der Waals surface area contributed by atoms with Crippen LogP contribution < -0.4 is 9.47 Å². The molecule has 0 spiro atoms. The van der Waals surface area contributed by atoms with Crippen LogP contribution in [0.15, 0.2) is 48.5 Å². The van der Waals surface area contributed by atoms with E-state index in [0.29, 0.717) is 24.5 Å². The fraction of sp³-hybridized carbons (Fsp3) is 0.483. The van der Waals surface area contributed by atoms with Gasteiger partial charge in [0.2, 0.25) is 0 Å². The lowest BCUT2D eigenvalue weighted by Crippen LogP contribution is -2.03. The number of aryl methyl sites for hydroxylation is 1. The minimum Gasteiger partial charge on any atom is -0.493 e. The largest absolute Gasteiger partial charge is 0.493 e. The van der Waals surface area contributed by atoms with E-state index in [2.05, 4.69) is 32.9 Å². The van der Waals surface area contributed by atoms with E-state index in [1.807, 2.05) is 36.4 Å². The lowest BCUT2D eigenvalue weighted by Gasteiger charge is -2.11. The number of rotatable bonds is 16. The molecule has 0 heterocycles. The number of para-hydroxylation sites is 1. The summed E-state index contributed by atoms with van der Waals surface area (Å²) >= 11 is 0. The van der Waals surface area contributed by atoms with Crippen molar-refractivity contribution in [2.24, 2.45) is 0 Å². The lowest BCUT2D eigenvalue weighted by atomic mass is 10.0. The first kappa shape index (κ1) is 25.7. The molecule has 0 aromatic heterocycles. The maximum Gasteiger partial charge on any atom is 0.189 e. The number of carbonyl (C=O) groups is 1. The molecule has 2 aromatic carbocycles. The van der Waals surface area contributed by atoms with Crippen molar-refractivity contribution in [3.05, 3.63) is 65.2 Å². The van der Waals surface area contributed by atoms with Crippen LogP contribution in [0.5, 0.6) is 11.5 Å². The van der Waals surface area contributed by atoms with Crippen molar-refractivity contribution in [1.29, 1.82) is 0 Å². The number of benzene rings is 2. The molecule has 0 radical (unpaired) electrons. The highest BCUT2D eigenvalue weighted by molar-refractivity contribution is 6.08. The van der Waals surface area contributed by atoms with Crippen LogP contribution in [0.25, 0.3) is 6.08 Å². The molecule has 2 aromatic rings. The summed E-state index contributed by atoms with van der Waals surface area (Å²) in [5.74, 6) is 1.45. The fourth-order valence-corrected chi connectivity index (χ4v) is 3.55. The summed E-state index contributed by atoms with van der Waals surface area (Å²) in [7, 11) is 0. The number of carbonyl (C=O) groups excluding carboxylic acids is 1. The molecule has 0 fully saturated rings. The van der Waals surface area contributed by atoms with E-state index >= 15 is 0 Å². The van der Waals surface area contributed by atoms with Gasteiger partial charge in [0.1, 0.15) is 11.5 Å². The number of allylic oxidation sites excluding steroid dienone is 1. The summed E-state index contributed by atoms with van der Waals surface area (Å²) in [5, 5.41) is 0. The molecule has 0 N–H and O–H groups in total. The third kappa shape index (κ3) is 8.90. The van der Waals surface area contributed by atoms with Gasteiger partial charge in [-0.3, -0.25) is 4.79 Å². The van der Waals surface area contributed by atoms with Gasteiger partial charge in [0.15, 0.2) is 5.78 Å². The van der Waals surface area contributed by atoms with Crippen molar-refractivity contribution in [3.8, 4) is 11.5 Å². The Morgan fingerprint density at radius 1 is 0.781 bits per heavy atom. The Morgan fingerprint density at radius 3 is 2.09 bits per heavy atom. The maximum atomic E-state index is 13.0. The van der Waals surface area contributed by atoms with Crippen LogP contribution >= 0.6 is 0 Å². The highest BCUT2D eigenvalue weighted by Crippen LogP contribution is 2.24. The summed E-state index contributed by atoms with van der Waals surface area (Å²) in [6.07, 6.45) is 13.7. The quantitative estimate of drug-likeness (QED) is 0.152. The minimum absolute atomic E-state index is 0.0510. The lowest BCUT2D eigenvalue weighted by molar-refractivity contribution is 0.104. The molecule has 3 heteroatoms. The Hall–Kier alpha value is -2.55. The number of ketones is 1. The average molecular weight is 437 g/mol. The first-order chi connectivity index (χ1) is 15.7. The Labute approximate surface area is 194 Å². The summed E-state index contributed by atoms with van der Waals surface area (Å²) < 4.78 is 12.0. The van der Waals surface area contributed by atoms with E-state index in [4.69, 9.17) is 9.47 Å². The van der Waals surface area contributed by atoms with Crippen LogP contribution in [0.2, 0.25) is 0 Å². The standard InChI is InChI=1S/C29H40O3/c1-4-7-9-13-21-31-28-20-17-24(6-3)23-25(28)18-19-27(30)26-15-11-12-16-29(26)32-22-14-10-8-5-2/h11-12,15-20,23H,4-10,13-14,21-22H2,1-3H3. The Morgan fingerprint density at radius 2 is 1.44 bits per heavy atom. The van der Waals surface area contributed by atoms with Crippen molar-refractivity contribution >= 4 is 11.9 Å². The molecule has 32 heavy (non-hydrogen) atoms. The van der Waals surface area contributed by atoms with E-state index in [0.717, 1.165) is 37.0 Å². The molecule has 0 aliphatic heterocycles. The normalized spacial score (nSPS) is 11.1. The molecular formula is C29H40O3. The molecule has 0 saturated heterocycles. The van der Waals surface area contributed by atoms with Gasteiger partial charge in [0.25, 0.3) is 0 Å². The number of hydrogen-bond acceptors (Lipinski definition) is 3. The topological polar surface area (TPSA) is 35.5 Å². The second-order valence-corrected chi connectivity index (χ2v) is 8.24. The van der Waals surface area contributed by atoms with Gasteiger partial charge in [-0.25, -0.2) is 0 Å². The van der Waals surface area contributed by atoms with Gasteiger partial charge >= 0.3 is 0 Å². The minimum atomic E-state index is -0.0510. The van der Waals surface area contributed by atoms with Gasteiger partial charge in [-0.2, -0.15) is 0 Å². The van der Waals surface area contributed by atoms with Crippen LogP contribution in [0.4, 0.5) is 0 Å². The molecule has 0 amide bonds. The van der Waals surface area contributed by atoms with Gasteiger partial charge in [-0.15, -0.1) is 0 Å². The van der Waals surface area contributed by atoms with Crippen LogP contribution in [0, 0.1) is 0 Å². The summed E-state index contributed by atoms with van der Waals surface area (Å²) in [6, 6.07) is 13.7. The van der Waals surface area contributed by atoms with Crippen molar-refractivity contribution in [3.63, 3.8) is 0 Å². The molecule has 0 bridgehead atoms. The van der Waals surface area contributed by atoms with Crippen LogP contribution in [0.3, 0.4) is 0 Å². The highest BCUT2D eigenvalue weighted by Gasteiger charge is 2.10. The van der Waals surface area contributed by atoms with Gasteiger partial charge in [0, 0.05) is 5.56 Å². The third-order valence-corrected chi connectivity index (χ3v) is 5.56. The maximum absolute atomic E-state index is 13.0. The molecule has 0 aliphatic carbocycles. The molecule has 0 atom stereocenters. The first-order valence-electron chi connectivity index (χ1n) is 12.4. The van der Waals surface area contributed by atoms with Crippen molar-refractivity contribution < 1.29 is 14.3 Å². The average Bonchev–Trinajstić information content (AvgIpc) is 2.83. The van der Waals surface area contributed by atoms with E-state index in [1.54, 1.807) is 6.08 Å². The molecule has 174 valence electrons. The van der Waals surface area contributed by atoms with Gasteiger partial charge in [-0.05, 0) is 61.2 Å². The molecular weight excluding hydrogens is 396 g/mol. The fourth-order valence-electron chi connectivity index (χ4n) is 3.55. The second-order valence-electron chi connectivity index (χ2n) is 8.24.